The van der Waals surface area contributed by atoms with E-state index in [0.29, 0.717) is 23.6 Å². The van der Waals surface area contributed by atoms with Crippen molar-refractivity contribution in [3.8, 4) is 34.1 Å². The van der Waals surface area contributed by atoms with E-state index in [1.54, 1.807) is 25.1 Å². The van der Waals surface area contributed by atoms with Crippen molar-refractivity contribution in [2.75, 3.05) is 13.7 Å². The summed E-state index contributed by atoms with van der Waals surface area (Å²) in [5, 5.41) is 5.06. The van der Waals surface area contributed by atoms with Gasteiger partial charge in [-0.3, -0.25) is 9.59 Å². The van der Waals surface area contributed by atoms with E-state index in [9.17, 15) is 14.4 Å². The highest BCUT2D eigenvalue weighted by atomic mass is 79.9. The van der Waals surface area contributed by atoms with Gasteiger partial charge in [0.05, 0.1) is 31.0 Å². The third kappa shape index (κ3) is 7.05. The van der Waals surface area contributed by atoms with E-state index in [1.165, 1.54) is 38.4 Å². The Hall–Kier alpha value is -5.42. The van der Waals surface area contributed by atoms with Crippen LogP contribution in [0.2, 0.25) is 0 Å². The molecule has 0 saturated heterocycles. The number of hydrogen-bond acceptors (Lipinski definition) is 8. The van der Waals surface area contributed by atoms with Gasteiger partial charge in [-0.1, -0.05) is 42.5 Å². The number of fused-ring (bicyclic) bond motifs is 1. The van der Waals surface area contributed by atoms with Crippen LogP contribution in [-0.4, -0.2) is 42.8 Å². The van der Waals surface area contributed by atoms with Crippen LogP contribution in [0.15, 0.2) is 94.5 Å². The van der Waals surface area contributed by atoms with E-state index in [4.69, 9.17) is 18.9 Å². The highest BCUT2D eigenvalue weighted by molar-refractivity contribution is 9.10. The molecule has 0 saturated carbocycles. The van der Waals surface area contributed by atoms with Crippen LogP contribution in [0, 0.1) is 0 Å². The molecule has 11 heteroatoms. The quantitative estimate of drug-likeness (QED) is 0.0715. The molecule has 10 nitrogen and oxygen atoms in total. The Morgan fingerprint density at radius 3 is 2.38 bits per heavy atom. The number of amides is 1. The third-order valence-corrected chi connectivity index (χ3v) is 7.24. The van der Waals surface area contributed by atoms with E-state index in [-0.39, 0.29) is 22.8 Å². The molecule has 1 aromatic heterocycles. The summed E-state index contributed by atoms with van der Waals surface area (Å²) in [5.74, 6) is -0.736. The minimum Gasteiger partial charge on any atom is -0.493 e. The van der Waals surface area contributed by atoms with Crippen molar-refractivity contribution in [2.45, 2.75) is 13.8 Å². The number of aromatic amines is 1. The molecule has 4 aromatic carbocycles. The van der Waals surface area contributed by atoms with Gasteiger partial charge >= 0.3 is 11.9 Å². The molecule has 0 fully saturated rings. The largest absolute Gasteiger partial charge is 0.493 e. The summed E-state index contributed by atoms with van der Waals surface area (Å²) in [6, 6.07) is 24.6. The molecule has 1 heterocycles. The van der Waals surface area contributed by atoms with Gasteiger partial charge < -0.3 is 23.9 Å². The zero-order valence-corrected chi connectivity index (χ0v) is 26.1. The van der Waals surface area contributed by atoms with Crippen molar-refractivity contribution in [3.05, 3.63) is 106 Å². The summed E-state index contributed by atoms with van der Waals surface area (Å²) in [6.45, 7) is 3.38. The number of nitrogens with one attached hydrogen (secondary N) is 2. The Labute approximate surface area is 267 Å². The smallest absolute Gasteiger partial charge is 0.343 e. The van der Waals surface area contributed by atoms with Gasteiger partial charge in [0.2, 0.25) is 0 Å². The number of benzene rings is 4. The predicted molar refractivity (Wildman–Crippen MR) is 173 cm³/mol. The van der Waals surface area contributed by atoms with E-state index < -0.39 is 17.8 Å². The van der Waals surface area contributed by atoms with Crippen LogP contribution in [0.1, 0.15) is 40.3 Å². The number of aromatic nitrogens is 1. The lowest BCUT2D eigenvalue weighted by molar-refractivity contribution is -0.132. The van der Waals surface area contributed by atoms with Gasteiger partial charge in [0.25, 0.3) is 5.91 Å². The van der Waals surface area contributed by atoms with Crippen molar-refractivity contribution in [1.82, 2.24) is 10.4 Å². The standard InChI is InChI=1S/C34H28BrN3O7/c1-4-43-29-17-21(13-15-27(29)45-34(41)23-14-16-26(44-20(2)39)28(18-23)42-3)19-36-38-33(40)32-30(22-9-6-5-7-10-22)24-11-8-12-25(35)31(24)37-32/h5-19,37H,4H2,1-3H3,(H,38,40). The van der Waals surface area contributed by atoms with Gasteiger partial charge in [0.15, 0.2) is 23.0 Å². The number of esters is 2. The molecule has 0 bridgehead atoms. The second kappa shape index (κ2) is 13.9. The summed E-state index contributed by atoms with van der Waals surface area (Å²) >= 11 is 3.56. The molecule has 45 heavy (non-hydrogen) atoms. The summed E-state index contributed by atoms with van der Waals surface area (Å²) in [4.78, 5) is 40.8. The first-order valence-corrected chi connectivity index (χ1v) is 14.6. The average Bonchev–Trinajstić information content (AvgIpc) is 3.44. The lowest BCUT2D eigenvalue weighted by Crippen LogP contribution is -2.18. The Balaban J connectivity index is 1.34. The molecular formula is C34H28BrN3O7. The molecule has 0 aliphatic rings. The first kappa shape index (κ1) is 31.0. The fourth-order valence-corrected chi connectivity index (χ4v) is 5.09. The predicted octanol–water partition coefficient (Wildman–Crippen LogP) is 6.91. The SMILES string of the molecule is CCOc1cc(C=NNC(=O)c2[nH]c3c(Br)cccc3c2-c2ccccc2)ccc1OC(=O)c1ccc(OC(C)=O)c(OC)c1. The maximum absolute atomic E-state index is 13.3. The van der Waals surface area contributed by atoms with Crippen molar-refractivity contribution < 1.29 is 33.3 Å². The Bertz CT molecular complexity index is 1920. The highest BCUT2D eigenvalue weighted by Crippen LogP contribution is 2.36. The second-order valence-corrected chi connectivity index (χ2v) is 10.4. The highest BCUT2D eigenvalue weighted by Gasteiger charge is 2.20. The fourth-order valence-electron chi connectivity index (χ4n) is 4.63. The Morgan fingerprint density at radius 2 is 1.64 bits per heavy atom. The molecule has 0 radical (unpaired) electrons. The molecule has 0 aliphatic carbocycles. The van der Waals surface area contributed by atoms with Crippen LogP contribution in [0.3, 0.4) is 0 Å². The molecule has 1 amide bonds. The number of carbonyl (C=O) groups is 3. The number of H-pyrrole nitrogens is 1. The second-order valence-electron chi connectivity index (χ2n) is 9.59. The first-order chi connectivity index (χ1) is 21.8. The molecule has 5 aromatic rings. The molecule has 0 atom stereocenters. The van der Waals surface area contributed by atoms with Gasteiger partial charge in [-0.05, 0) is 76.4 Å². The summed E-state index contributed by atoms with van der Waals surface area (Å²) in [7, 11) is 1.40. The van der Waals surface area contributed by atoms with Gasteiger partial charge in [0, 0.05) is 22.3 Å². The van der Waals surface area contributed by atoms with Crippen molar-refractivity contribution in [3.63, 3.8) is 0 Å². The number of hydrazone groups is 1. The van der Waals surface area contributed by atoms with Gasteiger partial charge in [-0.15, -0.1) is 0 Å². The third-order valence-electron chi connectivity index (χ3n) is 6.58. The van der Waals surface area contributed by atoms with Crippen LogP contribution < -0.4 is 24.4 Å². The summed E-state index contributed by atoms with van der Waals surface area (Å²) in [6.07, 6.45) is 1.46. The number of ether oxygens (including phenoxy) is 4. The van der Waals surface area contributed by atoms with Crippen LogP contribution >= 0.6 is 15.9 Å². The lowest BCUT2D eigenvalue weighted by Gasteiger charge is -2.13. The monoisotopic (exact) mass is 669 g/mol. The van der Waals surface area contributed by atoms with Crippen LogP contribution in [0.4, 0.5) is 0 Å². The van der Waals surface area contributed by atoms with Crippen LogP contribution in [0.25, 0.3) is 22.0 Å². The minimum atomic E-state index is -0.670. The topological polar surface area (TPSA) is 128 Å². The number of halogens is 1. The average molecular weight is 671 g/mol. The lowest BCUT2D eigenvalue weighted by atomic mass is 10.0. The summed E-state index contributed by atoms with van der Waals surface area (Å²) < 4.78 is 22.5. The maximum Gasteiger partial charge on any atom is 0.343 e. The van der Waals surface area contributed by atoms with E-state index in [1.807, 2.05) is 48.5 Å². The molecule has 5 rings (SSSR count). The van der Waals surface area contributed by atoms with Crippen molar-refractivity contribution >= 4 is 50.9 Å². The molecule has 228 valence electrons. The maximum atomic E-state index is 13.3. The number of carbonyl (C=O) groups excluding carboxylic acids is 3. The summed E-state index contributed by atoms with van der Waals surface area (Å²) in [5.41, 5.74) is 6.20. The molecular weight excluding hydrogens is 642 g/mol. The number of rotatable bonds is 10. The fraction of sp³-hybridized carbons (Fsp3) is 0.118. The van der Waals surface area contributed by atoms with Crippen LogP contribution in [0.5, 0.6) is 23.0 Å². The minimum absolute atomic E-state index is 0.178. The first-order valence-electron chi connectivity index (χ1n) is 13.8. The number of hydrogen-bond donors (Lipinski definition) is 2. The van der Waals surface area contributed by atoms with Crippen molar-refractivity contribution in [1.29, 1.82) is 0 Å². The van der Waals surface area contributed by atoms with E-state index >= 15 is 0 Å². The van der Waals surface area contributed by atoms with Gasteiger partial charge in [-0.2, -0.15) is 5.10 Å². The molecule has 0 aliphatic heterocycles. The van der Waals surface area contributed by atoms with Gasteiger partial charge in [-0.25, -0.2) is 10.2 Å². The number of para-hydroxylation sites is 1. The molecule has 0 unspecified atom stereocenters. The van der Waals surface area contributed by atoms with E-state index in [0.717, 1.165) is 26.5 Å². The zero-order chi connectivity index (χ0) is 31.9. The normalized spacial score (nSPS) is 10.9. The molecule has 2 N–H and O–H groups in total. The van der Waals surface area contributed by atoms with Gasteiger partial charge in [0.1, 0.15) is 5.69 Å². The number of methoxy groups -OCH3 is 1. The Kier molecular flexibility index (Phi) is 9.59. The van der Waals surface area contributed by atoms with Crippen molar-refractivity contribution in [2.24, 2.45) is 5.10 Å². The number of nitrogens with zero attached hydrogens (tertiary/aromatic N) is 1. The Morgan fingerprint density at radius 1 is 0.889 bits per heavy atom. The van der Waals surface area contributed by atoms with E-state index in [2.05, 4.69) is 31.4 Å². The molecule has 0 spiro atoms. The zero-order valence-electron chi connectivity index (χ0n) is 24.6. The van der Waals surface area contributed by atoms with Crippen LogP contribution in [-0.2, 0) is 4.79 Å².